The van der Waals surface area contributed by atoms with Gasteiger partial charge in [0.1, 0.15) is 0 Å². The van der Waals surface area contributed by atoms with Gasteiger partial charge in [0, 0.05) is 0 Å². The van der Waals surface area contributed by atoms with Crippen LogP contribution in [0.1, 0.15) is 104 Å². The third kappa shape index (κ3) is 4.74. The average molecular weight is 304 g/mol. The van der Waals surface area contributed by atoms with E-state index in [2.05, 4.69) is 19.9 Å². The lowest BCUT2D eigenvalue weighted by atomic mass is 9.62. The van der Waals surface area contributed by atoms with Crippen molar-refractivity contribution in [1.29, 1.82) is 5.26 Å². The molecule has 2 atom stereocenters. The van der Waals surface area contributed by atoms with Crippen LogP contribution in [0.25, 0.3) is 0 Å². The van der Waals surface area contributed by atoms with Crippen LogP contribution < -0.4 is 0 Å². The normalized spacial score (nSPS) is 36.0. The monoisotopic (exact) mass is 303 g/mol. The molecule has 126 valence electrons. The second-order valence-electron chi connectivity index (χ2n) is 8.23. The lowest BCUT2D eigenvalue weighted by Gasteiger charge is -2.41. The zero-order chi connectivity index (χ0) is 15.8. The zero-order valence-electron chi connectivity index (χ0n) is 15.1. The molecule has 22 heavy (non-hydrogen) atoms. The van der Waals surface area contributed by atoms with Gasteiger partial charge in [-0.05, 0) is 49.9 Å². The van der Waals surface area contributed by atoms with Gasteiger partial charge in [-0.15, -0.1) is 0 Å². The first kappa shape index (κ1) is 17.8. The highest BCUT2D eigenvalue weighted by Gasteiger charge is 2.38. The van der Waals surface area contributed by atoms with Crippen LogP contribution in [0.5, 0.6) is 0 Å². The van der Waals surface area contributed by atoms with Crippen LogP contribution in [0.2, 0.25) is 0 Å². The predicted octanol–water partition coefficient (Wildman–Crippen LogP) is 6.87. The van der Waals surface area contributed by atoms with Crippen molar-refractivity contribution in [2.45, 2.75) is 104 Å². The highest BCUT2D eigenvalue weighted by molar-refractivity contribution is 5.02. The maximum Gasteiger partial charge on any atom is 0.0689 e. The summed E-state index contributed by atoms with van der Waals surface area (Å²) >= 11 is 0. The molecule has 0 N–H and O–H groups in total. The molecule has 0 unspecified atom stereocenters. The second kappa shape index (κ2) is 8.95. The fourth-order valence-electron chi connectivity index (χ4n) is 5.12. The third-order valence-electron chi connectivity index (χ3n) is 6.82. The highest BCUT2D eigenvalue weighted by atomic mass is 14.4. The van der Waals surface area contributed by atoms with Gasteiger partial charge in [-0.2, -0.15) is 5.26 Å². The first-order chi connectivity index (χ1) is 10.7. The molecule has 0 bridgehead atoms. The minimum atomic E-state index is 0.0277. The molecule has 0 aromatic heterocycles. The van der Waals surface area contributed by atoms with Gasteiger partial charge in [0.2, 0.25) is 0 Å². The molecule has 1 heteroatoms. The van der Waals surface area contributed by atoms with E-state index >= 15 is 0 Å². The number of hydrogen-bond donors (Lipinski definition) is 0. The van der Waals surface area contributed by atoms with Crippen molar-refractivity contribution in [3.05, 3.63) is 0 Å². The summed E-state index contributed by atoms with van der Waals surface area (Å²) in [6.45, 7) is 4.52. The Hall–Kier alpha value is -0.510. The minimum Gasteiger partial charge on any atom is -0.198 e. The molecule has 2 saturated carbocycles. The summed E-state index contributed by atoms with van der Waals surface area (Å²) in [5.74, 6) is 2.81. The summed E-state index contributed by atoms with van der Waals surface area (Å²) in [6, 6.07) is 2.68. The number of nitriles is 1. The average Bonchev–Trinajstić information content (AvgIpc) is 2.59. The van der Waals surface area contributed by atoms with Crippen molar-refractivity contribution >= 4 is 0 Å². The standard InChI is InChI=1S/C21H37N/c1-3-5-6-7-9-18-11-13-19(14-12-18)20-10-8-15-21(4-2,16-20)17-22/h18-20H,3-16H2,1-2H3/t18?,19?,20-,21+/m1/s1. The molecule has 0 spiro atoms. The van der Waals surface area contributed by atoms with Crippen LogP contribution in [-0.2, 0) is 0 Å². The van der Waals surface area contributed by atoms with Crippen LogP contribution in [0.15, 0.2) is 0 Å². The third-order valence-corrected chi connectivity index (χ3v) is 6.82. The Kier molecular flexibility index (Phi) is 7.26. The summed E-state index contributed by atoms with van der Waals surface area (Å²) in [6.07, 6.45) is 19.1. The molecule has 0 aliphatic heterocycles. The van der Waals surface area contributed by atoms with Gasteiger partial charge in [0.15, 0.2) is 0 Å². The molecular weight excluding hydrogens is 266 g/mol. The summed E-state index contributed by atoms with van der Waals surface area (Å²) in [5, 5.41) is 9.59. The van der Waals surface area contributed by atoms with Crippen molar-refractivity contribution in [3.63, 3.8) is 0 Å². The predicted molar refractivity (Wildman–Crippen MR) is 94.5 cm³/mol. The van der Waals surface area contributed by atoms with E-state index in [0.717, 1.165) is 30.6 Å². The Labute approximate surface area is 138 Å². The van der Waals surface area contributed by atoms with E-state index in [1.54, 1.807) is 0 Å². The van der Waals surface area contributed by atoms with Gasteiger partial charge in [0.05, 0.1) is 11.5 Å². The van der Waals surface area contributed by atoms with Crippen LogP contribution in [0.4, 0.5) is 0 Å². The largest absolute Gasteiger partial charge is 0.198 e. The molecule has 2 aliphatic carbocycles. The molecule has 2 fully saturated rings. The molecule has 0 radical (unpaired) electrons. The van der Waals surface area contributed by atoms with E-state index < -0.39 is 0 Å². The molecule has 2 aliphatic rings. The number of unbranched alkanes of at least 4 members (excludes halogenated alkanes) is 3. The van der Waals surface area contributed by atoms with Crippen LogP contribution >= 0.6 is 0 Å². The van der Waals surface area contributed by atoms with Gasteiger partial charge < -0.3 is 0 Å². The van der Waals surface area contributed by atoms with E-state index in [-0.39, 0.29) is 5.41 Å². The van der Waals surface area contributed by atoms with Gasteiger partial charge in [-0.25, -0.2) is 0 Å². The fourth-order valence-corrected chi connectivity index (χ4v) is 5.12. The number of rotatable bonds is 7. The lowest BCUT2D eigenvalue weighted by Crippen LogP contribution is -2.32. The van der Waals surface area contributed by atoms with Gasteiger partial charge in [-0.1, -0.05) is 71.6 Å². The first-order valence-corrected chi connectivity index (χ1v) is 10.1. The van der Waals surface area contributed by atoms with E-state index in [0.29, 0.717) is 0 Å². The topological polar surface area (TPSA) is 23.8 Å². The van der Waals surface area contributed by atoms with Crippen molar-refractivity contribution in [3.8, 4) is 6.07 Å². The van der Waals surface area contributed by atoms with Crippen molar-refractivity contribution in [2.24, 2.45) is 23.2 Å². The molecule has 1 nitrogen and oxygen atoms in total. The summed E-state index contributed by atoms with van der Waals surface area (Å²) in [7, 11) is 0. The van der Waals surface area contributed by atoms with E-state index in [1.807, 2.05) is 0 Å². The fraction of sp³-hybridized carbons (Fsp3) is 0.952. The Morgan fingerprint density at radius 2 is 1.73 bits per heavy atom. The highest BCUT2D eigenvalue weighted by Crippen LogP contribution is 2.48. The molecular formula is C21H37N. The van der Waals surface area contributed by atoms with Crippen LogP contribution in [0, 0.1) is 34.5 Å². The zero-order valence-corrected chi connectivity index (χ0v) is 15.1. The second-order valence-corrected chi connectivity index (χ2v) is 8.23. The van der Waals surface area contributed by atoms with Crippen molar-refractivity contribution in [2.75, 3.05) is 0 Å². The summed E-state index contributed by atoms with van der Waals surface area (Å²) < 4.78 is 0. The van der Waals surface area contributed by atoms with E-state index in [1.165, 1.54) is 77.0 Å². The maximum absolute atomic E-state index is 9.59. The Bertz CT molecular complexity index is 347. The molecule has 0 heterocycles. The first-order valence-electron chi connectivity index (χ1n) is 10.1. The molecule has 0 saturated heterocycles. The van der Waals surface area contributed by atoms with Crippen molar-refractivity contribution in [1.82, 2.24) is 0 Å². The molecule has 2 rings (SSSR count). The molecule has 0 aromatic rings. The Balaban J connectivity index is 1.73. The van der Waals surface area contributed by atoms with E-state index in [9.17, 15) is 5.26 Å². The quantitative estimate of drug-likeness (QED) is 0.470. The Morgan fingerprint density at radius 1 is 0.955 bits per heavy atom. The smallest absolute Gasteiger partial charge is 0.0689 e. The number of nitrogens with zero attached hydrogens (tertiary/aromatic N) is 1. The minimum absolute atomic E-state index is 0.0277. The van der Waals surface area contributed by atoms with Gasteiger partial charge in [0.25, 0.3) is 0 Å². The molecule has 0 aromatic carbocycles. The lowest BCUT2D eigenvalue weighted by molar-refractivity contribution is 0.106. The SMILES string of the molecule is CCCCCCC1CCC([C@@H]2CCC[C@@](C#N)(CC)C2)CC1. The van der Waals surface area contributed by atoms with E-state index in [4.69, 9.17) is 0 Å². The van der Waals surface area contributed by atoms with Gasteiger partial charge >= 0.3 is 0 Å². The summed E-state index contributed by atoms with van der Waals surface area (Å²) in [5.41, 5.74) is 0.0277. The van der Waals surface area contributed by atoms with Crippen LogP contribution in [0.3, 0.4) is 0 Å². The Morgan fingerprint density at radius 3 is 2.36 bits per heavy atom. The maximum atomic E-state index is 9.59. The number of hydrogen-bond acceptors (Lipinski definition) is 1. The van der Waals surface area contributed by atoms with Crippen molar-refractivity contribution < 1.29 is 0 Å². The molecule has 0 amide bonds. The van der Waals surface area contributed by atoms with Gasteiger partial charge in [-0.3, -0.25) is 0 Å². The van der Waals surface area contributed by atoms with Crippen LogP contribution in [-0.4, -0.2) is 0 Å². The summed E-state index contributed by atoms with van der Waals surface area (Å²) in [4.78, 5) is 0.